The minimum Gasteiger partial charge on any atom is -0.384 e. The maximum Gasteiger partial charge on any atom is 0.243 e. The Labute approximate surface area is 240 Å². The fourth-order valence-electron chi connectivity index (χ4n) is 4.31. The molecule has 41 heavy (non-hydrogen) atoms. The minimum absolute atomic E-state index is 0.0629. The number of nitrogens with one attached hydrogen (secondary N) is 3. The van der Waals surface area contributed by atoms with Gasteiger partial charge < -0.3 is 43.2 Å². The van der Waals surface area contributed by atoms with Crippen molar-refractivity contribution >= 4 is 35.4 Å². The van der Waals surface area contributed by atoms with Crippen molar-refractivity contribution in [2.75, 3.05) is 32.8 Å². The normalized spacial score (nSPS) is 15.6. The van der Waals surface area contributed by atoms with Crippen LogP contribution in [0.25, 0.3) is 0 Å². The van der Waals surface area contributed by atoms with E-state index in [1.54, 1.807) is 49.9 Å². The van der Waals surface area contributed by atoms with Gasteiger partial charge in [-0.25, -0.2) is 0 Å². The molecule has 2 rings (SSSR count). The first kappa shape index (κ1) is 33.0. The van der Waals surface area contributed by atoms with Gasteiger partial charge in [0.25, 0.3) is 0 Å². The van der Waals surface area contributed by atoms with Crippen molar-refractivity contribution in [2.24, 2.45) is 39.3 Å². The molecule has 1 aromatic carbocycles. The Balaban J connectivity index is 2.26. The fraction of sp³-hybridized carbons (Fsp3) is 0.556. The summed E-state index contributed by atoms with van der Waals surface area (Å²) in [6.07, 6.45) is 0.640. The minimum atomic E-state index is -1.14. The summed E-state index contributed by atoms with van der Waals surface area (Å²) in [5.41, 5.74) is 22.1. The highest BCUT2D eigenvalue weighted by molar-refractivity contribution is 6.02. The number of nitrogen functional groups attached to an aromatic ring is 1. The van der Waals surface area contributed by atoms with Gasteiger partial charge in [-0.3, -0.25) is 29.6 Å². The van der Waals surface area contributed by atoms with Crippen LogP contribution < -0.4 is 33.6 Å². The number of amides is 4. The summed E-state index contributed by atoms with van der Waals surface area (Å²) in [7, 11) is 0. The van der Waals surface area contributed by atoms with Gasteiger partial charge >= 0.3 is 0 Å². The van der Waals surface area contributed by atoms with Gasteiger partial charge in [-0.2, -0.15) is 0 Å². The van der Waals surface area contributed by atoms with Crippen LogP contribution in [0.5, 0.6) is 0 Å². The summed E-state index contributed by atoms with van der Waals surface area (Å²) < 4.78 is 5.35. The van der Waals surface area contributed by atoms with E-state index < -0.39 is 41.1 Å². The van der Waals surface area contributed by atoms with Crippen LogP contribution in [0, 0.1) is 16.7 Å². The molecule has 1 unspecified atom stereocenters. The molecule has 1 saturated heterocycles. The summed E-state index contributed by atoms with van der Waals surface area (Å²) in [6.45, 7) is 6.93. The maximum absolute atomic E-state index is 13.7. The number of guanidine groups is 1. The summed E-state index contributed by atoms with van der Waals surface area (Å²) in [5.74, 6) is -3.69. The third-order valence-electron chi connectivity index (χ3n) is 6.66. The second-order valence-corrected chi connectivity index (χ2v) is 11.0. The number of hydrogen-bond acceptors (Lipinski definition) is 7. The van der Waals surface area contributed by atoms with Gasteiger partial charge in [-0.05, 0) is 30.2 Å². The molecular formula is C27H43N9O5. The number of nitrogens with zero attached hydrogens (tertiary/aromatic N) is 2. The van der Waals surface area contributed by atoms with E-state index in [0.29, 0.717) is 43.9 Å². The molecule has 1 aromatic rings. The predicted molar refractivity (Wildman–Crippen MR) is 154 cm³/mol. The smallest absolute Gasteiger partial charge is 0.243 e. The Morgan fingerprint density at radius 2 is 1.61 bits per heavy atom. The van der Waals surface area contributed by atoms with Crippen LogP contribution in [-0.4, -0.2) is 85.3 Å². The highest BCUT2D eigenvalue weighted by Gasteiger charge is 2.39. The molecule has 4 amide bonds. The van der Waals surface area contributed by atoms with E-state index in [2.05, 4.69) is 15.6 Å². The van der Waals surface area contributed by atoms with E-state index in [1.807, 2.05) is 0 Å². The van der Waals surface area contributed by atoms with Crippen molar-refractivity contribution in [1.82, 2.24) is 15.5 Å². The Kier molecular flexibility index (Phi) is 12.1. The average Bonchev–Trinajstić information content (AvgIpc) is 2.91. The lowest BCUT2D eigenvalue weighted by molar-refractivity contribution is -0.147. The van der Waals surface area contributed by atoms with E-state index in [4.69, 9.17) is 33.1 Å². The molecule has 0 aliphatic carbocycles. The van der Waals surface area contributed by atoms with Gasteiger partial charge in [0.15, 0.2) is 5.96 Å². The monoisotopic (exact) mass is 573 g/mol. The van der Waals surface area contributed by atoms with Gasteiger partial charge in [-0.1, -0.05) is 45.0 Å². The van der Waals surface area contributed by atoms with E-state index in [-0.39, 0.29) is 37.1 Å². The van der Waals surface area contributed by atoms with E-state index >= 15 is 0 Å². The van der Waals surface area contributed by atoms with Crippen molar-refractivity contribution < 1.29 is 23.9 Å². The number of carbonyl (C=O) groups excluding carboxylic acids is 4. The van der Waals surface area contributed by atoms with Crippen LogP contribution in [0.2, 0.25) is 0 Å². The lowest BCUT2D eigenvalue weighted by Gasteiger charge is -2.34. The first-order valence-electron chi connectivity index (χ1n) is 13.5. The largest absolute Gasteiger partial charge is 0.384 e. The van der Waals surface area contributed by atoms with Crippen LogP contribution in [-0.2, 0) is 30.3 Å². The molecule has 0 spiro atoms. The van der Waals surface area contributed by atoms with Crippen LogP contribution in [0.4, 0.5) is 0 Å². The zero-order valence-electron chi connectivity index (χ0n) is 23.9. The Hall–Kier alpha value is -4.20. The molecule has 0 radical (unpaired) electrons. The SMILES string of the molecule is CC(C)(C)[C@H](NC(=O)C(Cc1ccc(C(=N)N)cc1)C(=O)N1CCOCC1)C(=O)N[C@@H](CCCN=C(N)N)C(N)=O. The summed E-state index contributed by atoms with van der Waals surface area (Å²) in [6, 6.07) is 4.61. The average molecular weight is 574 g/mol. The number of rotatable bonds is 13. The maximum atomic E-state index is 13.7. The number of aliphatic imine (C=N–C) groups is 1. The summed E-state index contributed by atoms with van der Waals surface area (Å²) in [4.78, 5) is 58.1. The second kappa shape index (κ2) is 15.0. The van der Waals surface area contributed by atoms with Gasteiger partial charge in [0.1, 0.15) is 23.8 Å². The highest BCUT2D eigenvalue weighted by atomic mass is 16.5. The Morgan fingerprint density at radius 1 is 1.00 bits per heavy atom. The highest BCUT2D eigenvalue weighted by Crippen LogP contribution is 2.22. The summed E-state index contributed by atoms with van der Waals surface area (Å²) in [5, 5.41) is 13.0. The molecule has 0 saturated carbocycles. The first-order valence-corrected chi connectivity index (χ1v) is 13.5. The van der Waals surface area contributed by atoms with Crippen LogP contribution in [0.1, 0.15) is 44.7 Å². The van der Waals surface area contributed by atoms with E-state index in [0.717, 1.165) is 0 Å². The van der Waals surface area contributed by atoms with Crippen molar-refractivity contribution in [3.63, 3.8) is 0 Å². The predicted octanol–water partition coefficient (Wildman–Crippen LogP) is -1.46. The molecule has 14 heteroatoms. The van der Waals surface area contributed by atoms with Crippen molar-refractivity contribution in [3.05, 3.63) is 35.4 Å². The number of primary amides is 1. The van der Waals surface area contributed by atoms with E-state index in [9.17, 15) is 19.2 Å². The zero-order chi connectivity index (χ0) is 30.7. The molecule has 1 fully saturated rings. The molecule has 0 bridgehead atoms. The molecule has 226 valence electrons. The Bertz CT molecular complexity index is 1120. The Morgan fingerprint density at radius 3 is 2.12 bits per heavy atom. The zero-order valence-corrected chi connectivity index (χ0v) is 23.9. The third kappa shape index (κ3) is 10.4. The van der Waals surface area contributed by atoms with Crippen molar-refractivity contribution in [2.45, 2.75) is 52.1 Å². The number of morpholine rings is 1. The molecule has 1 aliphatic heterocycles. The third-order valence-corrected chi connectivity index (χ3v) is 6.66. The van der Waals surface area contributed by atoms with Gasteiger partial charge in [0, 0.05) is 25.2 Å². The van der Waals surface area contributed by atoms with Crippen molar-refractivity contribution in [3.8, 4) is 0 Å². The van der Waals surface area contributed by atoms with Gasteiger partial charge in [0.05, 0.1) is 13.2 Å². The molecule has 0 aromatic heterocycles. The molecule has 1 heterocycles. The number of amidine groups is 1. The molecular weight excluding hydrogens is 530 g/mol. The lowest BCUT2D eigenvalue weighted by atomic mass is 9.85. The molecule has 11 N–H and O–H groups in total. The van der Waals surface area contributed by atoms with Crippen LogP contribution in [0.3, 0.4) is 0 Å². The topological polar surface area (TPSA) is 245 Å². The standard InChI is InChI=1S/C27H43N9O5/c1-27(2,3)20(24(39)34-19(22(30)37)5-4-10-33-26(31)32)35-23(38)18(25(40)36-11-13-41-14-12-36)15-16-6-8-17(9-7-16)21(28)29/h6-9,18-20H,4-5,10-15H2,1-3H3,(H3,28,29)(H2,30,37)(H,34,39)(H,35,38)(H4,31,32,33)/t18?,19-,20+/m0/s1. The number of carbonyl (C=O) groups is 4. The number of ether oxygens (including phenoxy) is 1. The van der Waals surface area contributed by atoms with Crippen LogP contribution >= 0.6 is 0 Å². The molecule has 14 nitrogen and oxygen atoms in total. The van der Waals surface area contributed by atoms with E-state index in [1.165, 1.54) is 0 Å². The second-order valence-electron chi connectivity index (χ2n) is 11.0. The lowest BCUT2D eigenvalue weighted by Crippen LogP contribution is -2.59. The van der Waals surface area contributed by atoms with Gasteiger partial charge in [-0.15, -0.1) is 0 Å². The van der Waals surface area contributed by atoms with Crippen LogP contribution in [0.15, 0.2) is 29.3 Å². The number of benzene rings is 1. The molecule has 1 aliphatic rings. The first-order chi connectivity index (χ1) is 19.2. The number of hydrogen-bond donors (Lipinski definition) is 7. The number of nitrogens with two attached hydrogens (primary N) is 4. The van der Waals surface area contributed by atoms with Crippen molar-refractivity contribution in [1.29, 1.82) is 5.41 Å². The summed E-state index contributed by atoms with van der Waals surface area (Å²) >= 11 is 0. The molecule has 3 atom stereocenters. The fourth-order valence-corrected chi connectivity index (χ4v) is 4.31. The quantitative estimate of drug-likeness (QED) is 0.0634. The van der Waals surface area contributed by atoms with Gasteiger partial charge in [0.2, 0.25) is 23.6 Å².